The minimum Gasteiger partial charge on any atom is -0.381 e. The fourth-order valence-corrected chi connectivity index (χ4v) is 4.61. The van der Waals surface area contributed by atoms with E-state index in [-0.39, 0.29) is 16.9 Å². The molecule has 0 aliphatic carbocycles. The molecule has 0 unspecified atom stereocenters. The number of benzene rings is 1. The van der Waals surface area contributed by atoms with Gasteiger partial charge in [-0.15, -0.1) is 0 Å². The van der Waals surface area contributed by atoms with Crippen LogP contribution in [-0.4, -0.2) is 28.0 Å². The number of H-pyrrole nitrogens is 1. The molecule has 0 amide bonds. The second-order valence-corrected chi connectivity index (χ2v) is 7.81. The highest BCUT2D eigenvalue weighted by atomic mass is 35.5. The summed E-state index contributed by atoms with van der Waals surface area (Å²) in [5, 5.41) is 4.56. The molecule has 3 heterocycles. The highest BCUT2D eigenvalue weighted by Crippen LogP contribution is 2.45. The van der Waals surface area contributed by atoms with E-state index in [0.717, 1.165) is 48.0 Å². The summed E-state index contributed by atoms with van der Waals surface area (Å²) in [6, 6.07) is 7.93. The van der Waals surface area contributed by atoms with E-state index in [2.05, 4.69) is 10.1 Å². The summed E-state index contributed by atoms with van der Waals surface area (Å²) in [6.45, 7) is 3.42. The molecule has 1 saturated heterocycles. The summed E-state index contributed by atoms with van der Waals surface area (Å²) in [6.07, 6.45) is 1.78. The molecule has 2 aromatic rings. The maximum absolute atomic E-state index is 12.7. The second-order valence-electron chi connectivity index (χ2n) is 6.08. The predicted molar refractivity (Wildman–Crippen MR) is 97.8 cm³/mol. The molecule has 1 fully saturated rings. The summed E-state index contributed by atoms with van der Waals surface area (Å²) in [5.41, 5.74) is 1.68. The van der Waals surface area contributed by atoms with Gasteiger partial charge in [-0.25, -0.2) is 4.99 Å². The first-order valence-corrected chi connectivity index (χ1v) is 9.29. The first-order valence-electron chi connectivity index (χ1n) is 8.03. The van der Waals surface area contributed by atoms with E-state index >= 15 is 0 Å². The predicted octanol–water partition coefficient (Wildman–Crippen LogP) is 4.07. The number of nitrogens with one attached hydrogen (secondary N) is 1. The van der Waals surface area contributed by atoms with E-state index in [1.807, 2.05) is 35.9 Å². The molecule has 126 valence electrons. The van der Waals surface area contributed by atoms with Gasteiger partial charge in [0, 0.05) is 18.2 Å². The summed E-state index contributed by atoms with van der Waals surface area (Å²) >= 11 is 7.75. The zero-order valence-electron chi connectivity index (χ0n) is 13.3. The molecule has 2 aliphatic heterocycles. The van der Waals surface area contributed by atoms with Crippen LogP contribution >= 0.6 is 23.4 Å². The van der Waals surface area contributed by atoms with Crippen LogP contribution in [0.3, 0.4) is 0 Å². The van der Waals surface area contributed by atoms with Gasteiger partial charge in [0.05, 0.1) is 21.9 Å². The minimum absolute atomic E-state index is 0.0646. The smallest absolute Gasteiger partial charge is 0.271 e. The largest absolute Gasteiger partial charge is 0.381 e. The Morgan fingerprint density at radius 3 is 2.92 bits per heavy atom. The average Bonchev–Trinajstić information content (AvgIpc) is 2.91. The fraction of sp³-hybridized carbons (Fsp3) is 0.412. The third-order valence-corrected chi connectivity index (χ3v) is 5.87. The fourth-order valence-electron chi connectivity index (χ4n) is 3.32. The molecule has 0 radical (unpaired) electrons. The molecule has 5 nitrogen and oxygen atoms in total. The molecule has 0 saturated carbocycles. The van der Waals surface area contributed by atoms with Crippen molar-refractivity contribution in [2.24, 2.45) is 4.99 Å². The molecule has 1 N–H and O–H groups in total. The van der Waals surface area contributed by atoms with Gasteiger partial charge in [0.15, 0.2) is 5.82 Å². The minimum atomic E-state index is -0.0824. The first-order chi connectivity index (χ1) is 11.6. The molecular weight excluding hydrogens is 346 g/mol. The van der Waals surface area contributed by atoms with Gasteiger partial charge in [-0.05, 0) is 37.5 Å². The normalized spacial score (nSPS) is 21.4. The van der Waals surface area contributed by atoms with Gasteiger partial charge >= 0.3 is 0 Å². The maximum Gasteiger partial charge on any atom is 0.271 e. The number of aliphatic imine (C=N–C) groups is 1. The van der Waals surface area contributed by atoms with Gasteiger partial charge in [0.1, 0.15) is 0 Å². The maximum atomic E-state index is 12.7. The van der Waals surface area contributed by atoms with Gasteiger partial charge < -0.3 is 4.74 Å². The van der Waals surface area contributed by atoms with E-state index in [1.165, 1.54) is 0 Å². The quantitative estimate of drug-likeness (QED) is 0.875. The summed E-state index contributed by atoms with van der Waals surface area (Å²) in [4.78, 5) is 17.4. The number of thioether (sulfide) groups is 1. The molecule has 2 aliphatic rings. The van der Waals surface area contributed by atoms with Gasteiger partial charge in [-0.2, -0.15) is 0 Å². The van der Waals surface area contributed by atoms with Crippen molar-refractivity contribution in [3.05, 3.63) is 50.8 Å². The number of nitrogens with zero attached hydrogens (tertiary/aromatic N) is 2. The standard InChI is InChI=1S/C17H18ClN3O2S/c1-10-19-16-14(15(24-10)11-3-2-4-12(18)9-11)17(22)20-21(16)13-5-7-23-8-6-13/h2-4,9,13,15H,5-8H2,1H3,(H,20,22)/t15-/m1/s1. The van der Waals surface area contributed by atoms with Crippen LogP contribution in [0.15, 0.2) is 34.1 Å². The van der Waals surface area contributed by atoms with E-state index in [9.17, 15) is 4.79 Å². The third kappa shape index (κ3) is 2.83. The Kier molecular flexibility index (Phi) is 4.28. The zero-order valence-corrected chi connectivity index (χ0v) is 14.9. The number of ether oxygens (including phenoxy) is 1. The van der Waals surface area contributed by atoms with Crippen molar-refractivity contribution < 1.29 is 4.74 Å². The van der Waals surface area contributed by atoms with Crippen LogP contribution in [0, 0.1) is 0 Å². The number of halogens is 1. The summed E-state index contributed by atoms with van der Waals surface area (Å²) in [5.74, 6) is 0.758. The Balaban J connectivity index is 1.82. The van der Waals surface area contributed by atoms with Crippen LogP contribution in [0.1, 0.15) is 42.2 Å². The number of hydrogen-bond donors (Lipinski definition) is 1. The molecule has 4 rings (SSSR count). The van der Waals surface area contributed by atoms with Crippen molar-refractivity contribution in [1.82, 2.24) is 9.78 Å². The van der Waals surface area contributed by atoms with Crippen LogP contribution < -0.4 is 5.56 Å². The van der Waals surface area contributed by atoms with E-state index < -0.39 is 0 Å². The van der Waals surface area contributed by atoms with E-state index in [4.69, 9.17) is 16.3 Å². The molecule has 1 aromatic carbocycles. The number of aromatic nitrogens is 2. The van der Waals surface area contributed by atoms with Crippen molar-refractivity contribution >= 4 is 34.2 Å². The lowest BCUT2D eigenvalue weighted by molar-refractivity contribution is 0.0666. The van der Waals surface area contributed by atoms with Crippen molar-refractivity contribution in [1.29, 1.82) is 0 Å². The molecule has 7 heteroatoms. The highest BCUT2D eigenvalue weighted by molar-refractivity contribution is 8.14. The van der Waals surface area contributed by atoms with Gasteiger partial charge in [-0.3, -0.25) is 14.6 Å². The lowest BCUT2D eigenvalue weighted by Crippen LogP contribution is -2.21. The molecular formula is C17H18ClN3O2S. The van der Waals surface area contributed by atoms with Crippen LogP contribution in [0.2, 0.25) is 5.02 Å². The zero-order chi connectivity index (χ0) is 16.7. The topological polar surface area (TPSA) is 59.4 Å². The third-order valence-electron chi connectivity index (χ3n) is 4.46. The van der Waals surface area contributed by atoms with Crippen molar-refractivity contribution in [3.8, 4) is 0 Å². The van der Waals surface area contributed by atoms with E-state index in [1.54, 1.807) is 11.8 Å². The Morgan fingerprint density at radius 2 is 2.17 bits per heavy atom. The first kappa shape index (κ1) is 16.0. The molecule has 0 bridgehead atoms. The van der Waals surface area contributed by atoms with Crippen LogP contribution in [0.5, 0.6) is 0 Å². The highest BCUT2D eigenvalue weighted by Gasteiger charge is 2.32. The van der Waals surface area contributed by atoms with Gasteiger partial charge in [0.2, 0.25) is 0 Å². The van der Waals surface area contributed by atoms with Crippen LogP contribution in [-0.2, 0) is 4.74 Å². The van der Waals surface area contributed by atoms with Crippen LogP contribution in [0.25, 0.3) is 0 Å². The van der Waals surface area contributed by atoms with Crippen molar-refractivity contribution in [2.75, 3.05) is 13.2 Å². The molecule has 0 spiro atoms. The molecule has 24 heavy (non-hydrogen) atoms. The molecule has 1 atom stereocenters. The van der Waals surface area contributed by atoms with Crippen molar-refractivity contribution in [2.45, 2.75) is 31.1 Å². The number of hydrogen-bond acceptors (Lipinski definition) is 4. The average molecular weight is 364 g/mol. The lowest BCUT2D eigenvalue weighted by Gasteiger charge is -2.26. The van der Waals surface area contributed by atoms with Gasteiger partial charge in [0.25, 0.3) is 5.56 Å². The number of rotatable bonds is 2. The Labute approximate surface area is 149 Å². The Bertz CT molecular complexity index is 852. The monoisotopic (exact) mass is 363 g/mol. The SMILES string of the molecule is CC1=Nc2c(c(=O)[nH]n2C2CCOCC2)[C@@H](c2cccc(Cl)c2)S1. The van der Waals surface area contributed by atoms with Crippen LogP contribution in [0.4, 0.5) is 5.82 Å². The summed E-state index contributed by atoms with van der Waals surface area (Å²) < 4.78 is 7.38. The lowest BCUT2D eigenvalue weighted by atomic mass is 10.1. The van der Waals surface area contributed by atoms with Crippen molar-refractivity contribution in [3.63, 3.8) is 0 Å². The number of fused-ring (bicyclic) bond motifs is 1. The van der Waals surface area contributed by atoms with E-state index in [0.29, 0.717) is 5.02 Å². The molecule has 1 aromatic heterocycles. The Hall–Kier alpha value is -1.50. The Morgan fingerprint density at radius 1 is 1.38 bits per heavy atom. The second kappa shape index (κ2) is 6.43. The number of aromatic amines is 1. The van der Waals surface area contributed by atoms with Gasteiger partial charge in [-0.1, -0.05) is 35.5 Å². The summed E-state index contributed by atoms with van der Waals surface area (Å²) in [7, 11) is 0.